The Morgan fingerprint density at radius 2 is 2.00 bits per heavy atom. The summed E-state index contributed by atoms with van der Waals surface area (Å²) in [4.78, 5) is 4.53. The highest BCUT2D eigenvalue weighted by Gasteiger charge is 2.32. The molecule has 1 aliphatic heterocycles. The molecule has 0 unspecified atom stereocenters. The molecule has 0 fully saturated rings. The number of hydrogen-bond donors (Lipinski definition) is 1. The quantitative estimate of drug-likeness (QED) is 0.782. The van der Waals surface area contributed by atoms with Crippen molar-refractivity contribution in [1.29, 1.82) is 0 Å². The molecule has 0 saturated carbocycles. The summed E-state index contributed by atoms with van der Waals surface area (Å²) in [7, 11) is 0. The van der Waals surface area contributed by atoms with Gasteiger partial charge in [0.15, 0.2) is 0 Å². The first-order chi connectivity index (χ1) is 6.54. The van der Waals surface area contributed by atoms with Gasteiger partial charge < -0.3 is 5.73 Å². The molecule has 0 aromatic rings. The van der Waals surface area contributed by atoms with E-state index in [-0.39, 0.29) is 5.41 Å². The molecule has 3 heteroatoms. The van der Waals surface area contributed by atoms with Crippen LogP contribution in [0.2, 0.25) is 0 Å². The van der Waals surface area contributed by atoms with Gasteiger partial charge >= 0.3 is 0 Å². The first-order valence-corrected chi connectivity index (χ1v) is 5.74. The van der Waals surface area contributed by atoms with E-state index in [1.165, 1.54) is 5.57 Å². The van der Waals surface area contributed by atoms with Gasteiger partial charge in [0, 0.05) is 11.1 Å². The highest BCUT2D eigenvalue weighted by atomic mass is 127. The van der Waals surface area contributed by atoms with Gasteiger partial charge in [-0.15, -0.1) is 0 Å². The maximum atomic E-state index is 5.44. The molecule has 1 heterocycles. The lowest BCUT2D eigenvalue weighted by atomic mass is 9.81. The van der Waals surface area contributed by atoms with Gasteiger partial charge in [-0.2, -0.15) is 0 Å². The van der Waals surface area contributed by atoms with Gasteiger partial charge in [0.1, 0.15) is 0 Å². The minimum absolute atomic E-state index is 0.00134. The van der Waals surface area contributed by atoms with E-state index in [1.54, 1.807) is 6.20 Å². The molecule has 0 saturated heterocycles. The number of nitrogens with two attached hydrogens (primary N) is 1. The van der Waals surface area contributed by atoms with Crippen molar-refractivity contribution in [2.45, 2.75) is 20.8 Å². The molecule has 0 aliphatic carbocycles. The van der Waals surface area contributed by atoms with E-state index in [2.05, 4.69) is 48.4 Å². The van der Waals surface area contributed by atoms with E-state index in [9.17, 15) is 0 Å². The normalized spacial score (nSPS) is 21.3. The third kappa shape index (κ3) is 1.92. The molecule has 2 nitrogen and oxygen atoms in total. The molecule has 0 bridgehead atoms. The zero-order valence-electron chi connectivity index (χ0n) is 8.71. The molecule has 1 aliphatic rings. The molecular weight excluding hydrogens is 287 g/mol. The van der Waals surface area contributed by atoms with Crippen LogP contribution >= 0.6 is 22.6 Å². The number of rotatable bonds is 2. The molecule has 1 rings (SSSR count). The second-order valence-electron chi connectivity index (χ2n) is 3.77. The Morgan fingerprint density at radius 3 is 2.50 bits per heavy atom. The van der Waals surface area contributed by atoms with Gasteiger partial charge in [-0.1, -0.05) is 36.4 Å². The minimum atomic E-state index is 0.00134. The molecule has 0 aromatic heterocycles. The zero-order valence-corrected chi connectivity index (χ0v) is 10.9. The van der Waals surface area contributed by atoms with Crippen molar-refractivity contribution in [3.63, 3.8) is 0 Å². The predicted molar refractivity (Wildman–Crippen MR) is 70.4 cm³/mol. The van der Waals surface area contributed by atoms with Crippen molar-refractivity contribution in [3.05, 3.63) is 33.7 Å². The molecule has 0 radical (unpaired) electrons. The molecule has 2 N–H and O–H groups in total. The summed E-state index contributed by atoms with van der Waals surface area (Å²) in [5.41, 5.74) is 8.78. The van der Waals surface area contributed by atoms with Gasteiger partial charge in [0.05, 0.1) is 5.70 Å². The third-order valence-corrected chi connectivity index (χ3v) is 2.99. The summed E-state index contributed by atoms with van der Waals surface area (Å²) >= 11 is 2.20. The lowest BCUT2D eigenvalue weighted by Gasteiger charge is -2.20. The largest absolute Gasteiger partial charge is 0.405 e. The zero-order chi connectivity index (χ0) is 10.8. The Balaban J connectivity index is 3.23. The Morgan fingerprint density at radius 1 is 1.36 bits per heavy atom. The van der Waals surface area contributed by atoms with E-state index >= 15 is 0 Å². The van der Waals surface area contributed by atoms with E-state index in [0.29, 0.717) is 0 Å². The van der Waals surface area contributed by atoms with Crippen molar-refractivity contribution >= 4 is 28.3 Å². The molecule has 0 aromatic carbocycles. The molecule has 0 spiro atoms. The number of halogens is 1. The summed E-state index contributed by atoms with van der Waals surface area (Å²) in [6.45, 7) is 6.38. The standard InChI is InChI=1S/C11H15IN2/c1-8-11(2,3)9(5-7-13)10(14-8)4-6-12/h4-7H,13H2,1-3H3/b6-4-,7-5+. The molecule has 0 amide bonds. The highest BCUT2D eigenvalue weighted by molar-refractivity contribution is 14.1. The van der Waals surface area contributed by atoms with Crippen LogP contribution in [0.4, 0.5) is 0 Å². The van der Waals surface area contributed by atoms with Gasteiger partial charge in [0.2, 0.25) is 0 Å². The average Bonchev–Trinajstić information content (AvgIpc) is 2.31. The molecule has 0 atom stereocenters. The van der Waals surface area contributed by atoms with Gasteiger partial charge in [-0.3, -0.25) is 4.99 Å². The van der Waals surface area contributed by atoms with Crippen LogP contribution in [0.25, 0.3) is 0 Å². The summed E-state index contributed by atoms with van der Waals surface area (Å²) in [5, 5.41) is 0. The fraction of sp³-hybridized carbons (Fsp3) is 0.364. The molecule has 14 heavy (non-hydrogen) atoms. The monoisotopic (exact) mass is 302 g/mol. The first kappa shape index (κ1) is 11.5. The lowest BCUT2D eigenvalue weighted by Crippen LogP contribution is -2.19. The Hall–Kier alpha value is -0.580. The molecular formula is C11H15IN2. The van der Waals surface area contributed by atoms with Crippen LogP contribution < -0.4 is 5.73 Å². The van der Waals surface area contributed by atoms with Gasteiger partial charge in [-0.25, -0.2) is 0 Å². The van der Waals surface area contributed by atoms with Crippen molar-refractivity contribution < 1.29 is 0 Å². The SMILES string of the molecule is CC1=NC(/C=C\I)=C(/C=C/N)C1(C)C. The van der Waals surface area contributed by atoms with E-state index in [0.717, 1.165) is 11.4 Å². The van der Waals surface area contributed by atoms with Crippen molar-refractivity contribution in [2.75, 3.05) is 0 Å². The third-order valence-electron chi connectivity index (χ3n) is 2.63. The summed E-state index contributed by atoms with van der Waals surface area (Å²) in [6, 6.07) is 0. The van der Waals surface area contributed by atoms with Crippen molar-refractivity contribution in [1.82, 2.24) is 0 Å². The summed E-state index contributed by atoms with van der Waals surface area (Å²) in [6.07, 6.45) is 5.52. The van der Waals surface area contributed by atoms with Crippen LogP contribution in [-0.2, 0) is 0 Å². The van der Waals surface area contributed by atoms with Crippen molar-refractivity contribution in [3.8, 4) is 0 Å². The number of allylic oxidation sites excluding steroid dienone is 3. The number of hydrogen-bond acceptors (Lipinski definition) is 2. The Labute approximate surface area is 98.8 Å². The number of aliphatic imine (C=N–C) groups is 1. The fourth-order valence-corrected chi connectivity index (χ4v) is 1.81. The molecule has 76 valence electrons. The van der Waals surface area contributed by atoms with Crippen LogP contribution in [0.3, 0.4) is 0 Å². The smallest absolute Gasteiger partial charge is 0.0675 e. The van der Waals surface area contributed by atoms with Crippen LogP contribution in [0.1, 0.15) is 20.8 Å². The van der Waals surface area contributed by atoms with Crippen LogP contribution in [0.15, 0.2) is 38.7 Å². The van der Waals surface area contributed by atoms with Crippen molar-refractivity contribution in [2.24, 2.45) is 16.1 Å². The summed E-state index contributed by atoms with van der Waals surface area (Å²) < 4.78 is 1.97. The summed E-state index contributed by atoms with van der Waals surface area (Å²) in [5.74, 6) is 0. The maximum Gasteiger partial charge on any atom is 0.0675 e. The van der Waals surface area contributed by atoms with Crippen LogP contribution in [0, 0.1) is 5.41 Å². The van der Waals surface area contributed by atoms with E-state index < -0.39 is 0 Å². The highest BCUT2D eigenvalue weighted by Crippen LogP contribution is 2.38. The second-order valence-corrected chi connectivity index (χ2v) is 4.49. The van der Waals surface area contributed by atoms with E-state index in [1.807, 2.05) is 16.2 Å². The fourth-order valence-electron chi connectivity index (χ4n) is 1.47. The van der Waals surface area contributed by atoms with Gasteiger partial charge in [-0.05, 0) is 34.9 Å². The lowest BCUT2D eigenvalue weighted by molar-refractivity contribution is 0.651. The minimum Gasteiger partial charge on any atom is -0.405 e. The topological polar surface area (TPSA) is 38.4 Å². The Bertz CT molecular complexity index is 346. The predicted octanol–water partition coefficient (Wildman–Crippen LogP) is 3.16. The average molecular weight is 302 g/mol. The Kier molecular flexibility index (Phi) is 3.53. The van der Waals surface area contributed by atoms with E-state index in [4.69, 9.17) is 5.73 Å². The second kappa shape index (κ2) is 4.29. The van der Waals surface area contributed by atoms with Crippen LogP contribution in [-0.4, -0.2) is 5.71 Å². The first-order valence-electron chi connectivity index (χ1n) is 4.49. The van der Waals surface area contributed by atoms with Gasteiger partial charge in [0.25, 0.3) is 0 Å². The maximum absolute atomic E-state index is 5.44. The van der Waals surface area contributed by atoms with Crippen LogP contribution in [0.5, 0.6) is 0 Å². The number of nitrogens with zero attached hydrogens (tertiary/aromatic N) is 1.